The molecule has 0 saturated heterocycles. The van der Waals surface area contributed by atoms with Gasteiger partial charge >= 0.3 is 0 Å². The van der Waals surface area contributed by atoms with Crippen molar-refractivity contribution in [3.05, 3.63) is 89.0 Å². The molecule has 0 saturated carbocycles. The molecule has 2 heterocycles. The minimum atomic E-state index is -0.928. The molecule has 164 valence electrons. The fraction of sp³-hybridized carbons (Fsp3) is 0.240. The number of hydrazone groups is 1. The summed E-state index contributed by atoms with van der Waals surface area (Å²) < 4.78 is 45.1. The van der Waals surface area contributed by atoms with Crippen LogP contribution in [-0.4, -0.2) is 24.4 Å². The summed E-state index contributed by atoms with van der Waals surface area (Å²) in [5, 5.41) is 6.67. The van der Waals surface area contributed by atoms with E-state index in [1.54, 1.807) is 7.11 Å². The Morgan fingerprint density at radius 1 is 1.06 bits per heavy atom. The van der Waals surface area contributed by atoms with Crippen LogP contribution < -0.4 is 14.2 Å². The van der Waals surface area contributed by atoms with E-state index in [0.717, 1.165) is 34.7 Å². The number of nitrogens with zero attached hydrogens (tertiary/aromatic N) is 2. The third kappa shape index (κ3) is 3.43. The van der Waals surface area contributed by atoms with Gasteiger partial charge < -0.3 is 14.2 Å². The molecule has 3 aromatic carbocycles. The van der Waals surface area contributed by atoms with Crippen LogP contribution in [0.2, 0.25) is 0 Å². The predicted molar refractivity (Wildman–Crippen MR) is 116 cm³/mol. The molecule has 2 aliphatic heterocycles. The highest BCUT2D eigenvalue weighted by molar-refractivity contribution is 6.02. The molecular formula is C25H22F2N2O3. The normalized spacial score (nSPS) is 19.0. The molecule has 0 aromatic heterocycles. The summed E-state index contributed by atoms with van der Waals surface area (Å²) in [6, 6.07) is 17.1. The van der Waals surface area contributed by atoms with Gasteiger partial charge in [-0.25, -0.2) is 13.8 Å². The predicted octanol–water partition coefficient (Wildman–Crippen LogP) is 5.61. The molecule has 5 nitrogen and oxygen atoms in total. The number of fused-ring (bicyclic) bond motifs is 3. The summed E-state index contributed by atoms with van der Waals surface area (Å²) in [6.07, 6.45) is -0.105. The minimum Gasteiger partial charge on any atom is -0.497 e. The number of para-hydroxylation sites is 1. The molecule has 7 heteroatoms. The summed E-state index contributed by atoms with van der Waals surface area (Å²) in [5.41, 5.74) is 3.21. The van der Waals surface area contributed by atoms with E-state index in [9.17, 15) is 8.78 Å². The second kappa shape index (κ2) is 8.15. The molecule has 3 aromatic rings. The van der Waals surface area contributed by atoms with Crippen molar-refractivity contribution in [1.29, 1.82) is 0 Å². The fourth-order valence-corrected chi connectivity index (χ4v) is 4.22. The molecule has 2 aliphatic rings. The molecule has 0 unspecified atom stereocenters. The quantitative estimate of drug-likeness (QED) is 0.521. The zero-order valence-corrected chi connectivity index (χ0v) is 17.7. The summed E-state index contributed by atoms with van der Waals surface area (Å²) in [5.74, 6) is 0.128. The maximum atomic E-state index is 14.1. The average Bonchev–Trinajstić information content (AvgIpc) is 3.27. The molecule has 0 amide bonds. The highest BCUT2D eigenvalue weighted by Crippen LogP contribution is 2.50. The fourth-order valence-electron chi connectivity index (χ4n) is 4.22. The van der Waals surface area contributed by atoms with Crippen molar-refractivity contribution in [2.75, 3.05) is 13.7 Å². The van der Waals surface area contributed by atoms with E-state index in [1.807, 2.05) is 54.4 Å². The molecule has 0 N–H and O–H groups in total. The van der Waals surface area contributed by atoms with E-state index in [2.05, 4.69) is 0 Å². The van der Waals surface area contributed by atoms with Gasteiger partial charge in [0.05, 0.1) is 25.5 Å². The first-order valence-electron chi connectivity index (χ1n) is 10.5. The standard InChI is InChI=1S/C25H22F2N2O3/c1-3-31-23-9-5-8-18-22-14-21(15-6-4-7-17(12-15)30-2)28-29(22)25(32-24(18)23)16-10-11-19(26)20(27)13-16/h4-13,22,25H,3,14H2,1-2H3/t22-,25+/m1/s1. The zero-order valence-electron chi connectivity index (χ0n) is 17.7. The molecular weight excluding hydrogens is 414 g/mol. The first kappa shape index (κ1) is 20.3. The van der Waals surface area contributed by atoms with Gasteiger partial charge in [0.25, 0.3) is 0 Å². The largest absolute Gasteiger partial charge is 0.497 e. The average molecular weight is 436 g/mol. The molecule has 0 aliphatic carbocycles. The van der Waals surface area contributed by atoms with Gasteiger partial charge in [-0.1, -0.05) is 30.3 Å². The smallest absolute Gasteiger partial charge is 0.214 e. The lowest BCUT2D eigenvalue weighted by molar-refractivity contribution is -0.0214. The first-order valence-corrected chi connectivity index (χ1v) is 10.5. The van der Waals surface area contributed by atoms with Crippen LogP contribution in [0.3, 0.4) is 0 Å². The molecule has 0 fully saturated rings. The Bertz CT molecular complexity index is 1200. The van der Waals surface area contributed by atoms with Crippen molar-refractivity contribution in [1.82, 2.24) is 5.01 Å². The van der Waals surface area contributed by atoms with Crippen LogP contribution in [0.4, 0.5) is 8.78 Å². The monoisotopic (exact) mass is 436 g/mol. The lowest BCUT2D eigenvalue weighted by Crippen LogP contribution is -2.34. The van der Waals surface area contributed by atoms with Crippen molar-refractivity contribution in [2.45, 2.75) is 25.6 Å². The van der Waals surface area contributed by atoms with Crippen molar-refractivity contribution >= 4 is 5.71 Å². The second-order valence-electron chi connectivity index (χ2n) is 7.63. The number of benzene rings is 3. The molecule has 0 spiro atoms. The number of hydrogen-bond acceptors (Lipinski definition) is 5. The van der Waals surface area contributed by atoms with Crippen LogP contribution in [0, 0.1) is 11.6 Å². The molecule has 0 radical (unpaired) electrons. The molecule has 32 heavy (non-hydrogen) atoms. The molecule has 2 atom stereocenters. The van der Waals surface area contributed by atoms with Gasteiger partial charge in [-0.3, -0.25) is 0 Å². The van der Waals surface area contributed by atoms with Crippen molar-refractivity contribution in [3.8, 4) is 17.2 Å². The molecule has 0 bridgehead atoms. The van der Waals surface area contributed by atoms with E-state index >= 15 is 0 Å². The first-order chi connectivity index (χ1) is 15.6. The number of hydrogen-bond donors (Lipinski definition) is 0. The number of halogens is 2. The van der Waals surface area contributed by atoms with Crippen molar-refractivity contribution < 1.29 is 23.0 Å². The van der Waals surface area contributed by atoms with E-state index in [0.29, 0.717) is 30.1 Å². The van der Waals surface area contributed by atoms with Gasteiger partial charge in [0.15, 0.2) is 23.1 Å². The van der Waals surface area contributed by atoms with Gasteiger partial charge in [0.1, 0.15) is 5.75 Å². The Morgan fingerprint density at radius 3 is 2.69 bits per heavy atom. The Labute approximate surface area is 184 Å². The van der Waals surface area contributed by atoms with Gasteiger partial charge in [-0.2, -0.15) is 5.10 Å². The summed E-state index contributed by atoms with van der Waals surface area (Å²) in [4.78, 5) is 0. The van der Waals surface area contributed by atoms with Gasteiger partial charge in [0.2, 0.25) is 6.23 Å². The Hall–Kier alpha value is -3.61. The summed E-state index contributed by atoms with van der Waals surface area (Å²) >= 11 is 0. The van der Waals surface area contributed by atoms with Gasteiger partial charge in [-0.05, 0) is 37.3 Å². The summed E-state index contributed by atoms with van der Waals surface area (Å²) in [7, 11) is 1.62. The third-order valence-corrected chi connectivity index (χ3v) is 5.71. The maximum absolute atomic E-state index is 14.1. The van der Waals surface area contributed by atoms with E-state index in [1.165, 1.54) is 6.07 Å². The van der Waals surface area contributed by atoms with Crippen LogP contribution in [0.1, 0.15) is 42.3 Å². The SMILES string of the molecule is CCOc1cccc2c1O[C@@H](c1ccc(F)c(F)c1)N1N=C(c3cccc(OC)c3)C[C@H]21. The van der Waals surface area contributed by atoms with Crippen LogP contribution in [0.5, 0.6) is 17.2 Å². The van der Waals surface area contributed by atoms with Crippen LogP contribution in [-0.2, 0) is 0 Å². The topological polar surface area (TPSA) is 43.3 Å². The van der Waals surface area contributed by atoms with E-state index in [4.69, 9.17) is 19.3 Å². The van der Waals surface area contributed by atoms with Crippen LogP contribution in [0.25, 0.3) is 0 Å². The maximum Gasteiger partial charge on any atom is 0.214 e. The lowest BCUT2D eigenvalue weighted by Gasteiger charge is -2.38. The number of methoxy groups -OCH3 is 1. The summed E-state index contributed by atoms with van der Waals surface area (Å²) in [6.45, 7) is 2.39. The Kier molecular flexibility index (Phi) is 5.17. The van der Waals surface area contributed by atoms with Crippen molar-refractivity contribution in [3.63, 3.8) is 0 Å². The Balaban J connectivity index is 1.61. The number of rotatable bonds is 5. The van der Waals surface area contributed by atoms with E-state index < -0.39 is 17.9 Å². The van der Waals surface area contributed by atoms with Gasteiger partial charge in [-0.15, -0.1) is 0 Å². The minimum absolute atomic E-state index is 0.140. The number of ether oxygens (including phenoxy) is 3. The Morgan fingerprint density at radius 2 is 1.91 bits per heavy atom. The zero-order chi connectivity index (χ0) is 22.2. The van der Waals surface area contributed by atoms with Crippen LogP contribution >= 0.6 is 0 Å². The van der Waals surface area contributed by atoms with Crippen LogP contribution in [0.15, 0.2) is 65.8 Å². The van der Waals surface area contributed by atoms with Gasteiger partial charge in [0, 0.05) is 23.1 Å². The van der Waals surface area contributed by atoms with Crippen molar-refractivity contribution in [2.24, 2.45) is 5.10 Å². The molecule has 5 rings (SSSR count). The lowest BCUT2D eigenvalue weighted by atomic mass is 9.95. The second-order valence-corrected chi connectivity index (χ2v) is 7.63. The highest BCUT2D eigenvalue weighted by atomic mass is 19.2. The van der Waals surface area contributed by atoms with E-state index in [-0.39, 0.29) is 6.04 Å². The third-order valence-electron chi connectivity index (χ3n) is 5.71. The highest BCUT2D eigenvalue weighted by Gasteiger charge is 2.42.